The zero-order valence-corrected chi connectivity index (χ0v) is 13.7. The summed E-state index contributed by atoms with van der Waals surface area (Å²) < 4.78 is 6.08. The molecule has 21 heavy (non-hydrogen) atoms. The lowest BCUT2D eigenvalue weighted by atomic mass is 9.99. The largest absolute Gasteiger partial charge is 0.484 e. The number of hydrogen-bond acceptors (Lipinski definition) is 2. The fourth-order valence-electron chi connectivity index (χ4n) is 2.21. The Morgan fingerprint density at radius 3 is 2.33 bits per heavy atom. The fourth-order valence-corrected chi connectivity index (χ4v) is 2.71. The van der Waals surface area contributed by atoms with Gasteiger partial charge >= 0.3 is 0 Å². The third kappa shape index (κ3) is 4.37. The van der Waals surface area contributed by atoms with Gasteiger partial charge < -0.3 is 10.5 Å². The zero-order chi connectivity index (χ0) is 15.4. The second-order valence-electron chi connectivity index (χ2n) is 5.13. The van der Waals surface area contributed by atoms with Gasteiger partial charge in [-0.05, 0) is 37.1 Å². The molecule has 0 spiro atoms. The van der Waals surface area contributed by atoms with Crippen molar-refractivity contribution in [1.82, 2.24) is 0 Å². The predicted octanol–water partition coefficient (Wildman–Crippen LogP) is 5.16. The molecule has 2 N–H and O–H groups in total. The summed E-state index contributed by atoms with van der Waals surface area (Å²) in [7, 11) is 0. The van der Waals surface area contributed by atoms with Crippen LogP contribution in [0, 0.1) is 6.92 Å². The van der Waals surface area contributed by atoms with Gasteiger partial charge in [0.25, 0.3) is 0 Å². The van der Waals surface area contributed by atoms with Crippen LogP contribution in [0.3, 0.4) is 0 Å². The highest BCUT2D eigenvalue weighted by Gasteiger charge is 2.21. The van der Waals surface area contributed by atoms with Gasteiger partial charge in [0, 0.05) is 16.1 Å². The minimum Gasteiger partial charge on any atom is -0.484 e. The summed E-state index contributed by atoms with van der Waals surface area (Å²) in [5.74, 6) is 0.628. The third-order valence-corrected chi connectivity index (χ3v) is 3.77. The molecule has 0 heterocycles. The summed E-state index contributed by atoms with van der Waals surface area (Å²) in [6.07, 6.45) is 0.580. The molecule has 0 fully saturated rings. The third-order valence-electron chi connectivity index (χ3n) is 3.33. The highest BCUT2D eigenvalue weighted by atomic mass is 35.5. The first kappa shape index (κ1) is 16.2. The summed E-state index contributed by atoms with van der Waals surface area (Å²) in [6, 6.07) is 13.2. The van der Waals surface area contributed by atoms with E-state index in [0.29, 0.717) is 15.8 Å². The van der Waals surface area contributed by atoms with Gasteiger partial charge in [-0.3, -0.25) is 0 Å². The maximum Gasteiger partial charge on any atom is 0.139 e. The number of aryl methyl sites for hydroxylation is 1. The van der Waals surface area contributed by atoms with Gasteiger partial charge in [-0.1, -0.05) is 60.0 Å². The Balaban J connectivity index is 2.32. The summed E-state index contributed by atoms with van der Waals surface area (Å²) in [6.45, 7) is 4.09. The predicted molar refractivity (Wildman–Crippen MR) is 89.3 cm³/mol. The van der Waals surface area contributed by atoms with Crippen LogP contribution in [0.4, 0.5) is 0 Å². The minimum absolute atomic E-state index is 0.107. The molecule has 2 atom stereocenters. The molecule has 4 heteroatoms. The molecule has 2 aromatic carbocycles. The smallest absolute Gasteiger partial charge is 0.139 e. The van der Waals surface area contributed by atoms with E-state index >= 15 is 0 Å². The lowest BCUT2D eigenvalue weighted by molar-refractivity contribution is 0.171. The van der Waals surface area contributed by atoms with Crippen molar-refractivity contribution in [3.8, 4) is 5.75 Å². The van der Waals surface area contributed by atoms with Gasteiger partial charge in [0.2, 0.25) is 0 Å². The van der Waals surface area contributed by atoms with Crippen molar-refractivity contribution >= 4 is 23.2 Å². The number of ether oxygens (including phenoxy) is 1. The standard InChI is InChI=1S/C17H19Cl2NO/c1-3-16(20)17(12-6-4-5-11(2)7-12)21-15-9-13(18)8-14(19)10-15/h4-10,16-17H,3,20H2,1-2H3. The Morgan fingerprint density at radius 2 is 1.76 bits per heavy atom. The first-order chi connectivity index (χ1) is 9.99. The molecule has 2 rings (SSSR count). The molecule has 2 unspecified atom stereocenters. The van der Waals surface area contributed by atoms with Crippen molar-refractivity contribution in [2.45, 2.75) is 32.4 Å². The van der Waals surface area contributed by atoms with Gasteiger partial charge in [-0.15, -0.1) is 0 Å². The molecule has 0 aliphatic carbocycles. The van der Waals surface area contributed by atoms with E-state index < -0.39 is 0 Å². The molecule has 2 nitrogen and oxygen atoms in total. The van der Waals surface area contributed by atoms with Crippen LogP contribution in [0.15, 0.2) is 42.5 Å². The SMILES string of the molecule is CCC(N)C(Oc1cc(Cl)cc(Cl)c1)c1cccc(C)c1. The Labute approximate surface area is 135 Å². The van der Waals surface area contributed by atoms with E-state index in [1.807, 2.05) is 32.0 Å². The van der Waals surface area contributed by atoms with Crippen LogP contribution in [0.2, 0.25) is 10.0 Å². The van der Waals surface area contributed by atoms with Crippen molar-refractivity contribution in [1.29, 1.82) is 0 Å². The van der Waals surface area contributed by atoms with E-state index in [4.69, 9.17) is 33.7 Å². The van der Waals surface area contributed by atoms with Crippen LogP contribution < -0.4 is 10.5 Å². The molecule has 0 aliphatic heterocycles. The average molecular weight is 324 g/mol. The van der Waals surface area contributed by atoms with Gasteiger partial charge in [0.15, 0.2) is 0 Å². The molecule has 0 saturated heterocycles. The van der Waals surface area contributed by atoms with E-state index in [9.17, 15) is 0 Å². The molecule has 2 aromatic rings. The highest BCUT2D eigenvalue weighted by Crippen LogP contribution is 2.30. The average Bonchev–Trinajstić information content (AvgIpc) is 2.43. The van der Waals surface area contributed by atoms with Gasteiger partial charge in [-0.25, -0.2) is 0 Å². The maximum atomic E-state index is 6.23. The molecule has 112 valence electrons. The number of benzene rings is 2. The van der Waals surface area contributed by atoms with E-state index in [-0.39, 0.29) is 12.1 Å². The van der Waals surface area contributed by atoms with Crippen LogP contribution in [-0.2, 0) is 0 Å². The Bertz CT molecular complexity index is 595. The number of nitrogens with two attached hydrogens (primary N) is 1. The molecular formula is C17H19Cl2NO. The van der Waals surface area contributed by atoms with E-state index in [2.05, 4.69) is 6.07 Å². The quantitative estimate of drug-likeness (QED) is 0.824. The van der Waals surface area contributed by atoms with Gasteiger partial charge in [0.05, 0.1) is 0 Å². The molecule has 0 radical (unpaired) electrons. The van der Waals surface area contributed by atoms with E-state index in [1.54, 1.807) is 18.2 Å². The van der Waals surface area contributed by atoms with Crippen molar-refractivity contribution in [2.24, 2.45) is 5.73 Å². The Morgan fingerprint density at radius 1 is 1.10 bits per heavy atom. The van der Waals surface area contributed by atoms with Crippen LogP contribution in [0.5, 0.6) is 5.75 Å². The van der Waals surface area contributed by atoms with Gasteiger partial charge in [-0.2, -0.15) is 0 Å². The highest BCUT2D eigenvalue weighted by molar-refractivity contribution is 6.34. The first-order valence-electron chi connectivity index (χ1n) is 6.94. The lowest BCUT2D eigenvalue weighted by Crippen LogP contribution is -2.31. The molecule has 0 amide bonds. The second kappa shape index (κ2) is 7.17. The minimum atomic E-state index is -0.232. The first-order valence-corrected chi connectivity index (χ1v) is 7.70. The fraction of sp³-hybridized carbons (Fsp3) is 0.294. The number of rotatable bonds is 5. The van der Waals surface area contributed by atoms with Crippen molar-refractivity contribution in [3.05, 3.63) is 63.6 Å². The van der Waals surface area contributed by atoms with Crippen molar-refractivity contribution in [2.75, 3.05) is 0 Å². The second-order valence-corrected chi connectivity index (χ2v) is 6.00. The Kier molecular flexibility index (Phi) is 5.51. The van der Waals surface area contributed by atoms with Crippen LogP contribution in [0.1, 0.15) is 30.6 Å². The van der Waals surface area contributed by atoms with E-state index in [0.717, 1.165) is 12.0 Å². The monoisotopic (exact) mass is 323 g/mol. The number of hydrogen-bond donors (Lipinski definition) is 1. The summed E-state index contributed by atoms with van der Waals surface area (Å²) in [5.41, 5.74) is 8.46. The maximum absolute atomic E-state index is 6.23. The summed E-state index contributed by atoms with van der Waals surface area (Å²) >= 11 is 12.0. The normalized spacial score (nSPS) is 13.8. The number of halogens is 2. The topological polar surface area (TPSA) is 35.2 Å². The van der Waals surface area contributed by atoms with Crippen molar-refractivity contribution < 1.29 is 4.74 Å². The lowest BCUT2D eigenvalue weighted by Gasteiger charge is -2.25. The zero-order valence-electron chi connectivity index (χ0n) is 12.1. The molecule has 0 aliphatic rings. The molecular weight excluding hydrogens is 305 g/mol. The molecule has 0 bridgehead atoms. The van der Waals surface area contributed by atoms with Crippen LogP contribution >= 0.6 is 23.2 Å². The van der Waals surface area contributed by atoms with Gasteiger partial charge in [0.1, 0.15) is 11.9 Å². The van der Waals surface area contributed by atoms with Crippen LogP contribution in [0.25, 0.3) is 0 Å². The summed E-state index contributed by atoms with van der Waals surface area (Å²) in [5, 5.41) is 1.09. The molecule has 0 aromatic heterocycles. The van der Waals surface area contributed by atoms with Crippen molar-refractivity contribution in [3.63, 3.8) is 0 Å². The summed E-state index contributed by atoms with van der Waals surface area (Å²) in [4.78, 5) is 0. The molecule has 0 saturated carbocycles. The van der Waals surface area contributed by atoms with E-state index in [1.165, 1.54) is 5.56 Å². The van der Waals surface area contributed by atoms with Crippen LogP contribution in [-0.4, -0.2) is 6.04 Å². The Hall–Kier alpha value is -1.22.